The SMILES string of the molecule is c1ccc(-c2cc3c(cc2-c2ccccc2)N(c2cccnc2)C(C2N(c4cccnc4)c4cc(-c5ccccc5)c(-c5ccccc5)cc4N2c2cccnc2)N3c2cccnc2)cc1. The van der Waals surface area contributed by atoms with Crippen molar-refractivity contribution in [3.8, 4) is 44.5 Å². The van der Waals surface area contributed by atoms with Crippen molar-refractivity contribution in [1.82, 2.24) is 19.9 Å². The summed E-state index contributed by atoms with van der Waals surface area (Å²) in [6, 6.07) is 69.0. The Morgan fingerprint density at radius 2 is 0.485 bits per heavy atom. The predicted octanol–water partition coefficient (Wildman–Crippen LogP) is 13.9. The molecule has 0 fully saturated rings. The fourth-order valence-corrected chi connectivity index (χ4v) is 9.84. The van der Waals surface area contributed by atoms with E-state index < -0.39 is 12.3 Å². The molecule has 0 saturated carbocycles. The second-order valence-corrected chi connectivity index (χ2v) is 16.4. The Hall–Kier alpha value is -8.88. The van der Waals surface area contributed by atoms with Gasteiger partial charge in [-0.25, -0.2) is 0 Å². The van der Waals surface area contributed by atoms with E-state index in [2.05, 4.69) is 189 Å². The molecule has 2 aliphatic heterocycles. The first kappa shape index (κ1) is 38.8. The van der Waals surface area contributed by atoms with Gasteiger partial charge in [-0.1, -0.05) is 121 Å². The number of nitrogens with zero attached hydrogens (tertiary/aromatic N) is 8. The number of anilines is 8. The number of aromatic nitrogens is 4. The number of benzene rings is 6. The lowest BCUT2D eigenvalue weighted by molar-refractivity contribution is 0.548. The molecule has 6 heterocycles. The molecule has 314 valence electrons. The molecule has 0 spiro atoms. The van der Waals surface area contributed by atoms with E-state index in [0.29, 0.717) is 0 Å². The van der Waals surface area contributed by atoms with Gasteiger partial charge in [0.2, 0.25) is 0 Å². The van der Waals surface area contributed by atoms with E-state index in [0.717, 1.165) is 90.0 Å². The number of pyridine rings is 4. The molecule has 66 heavy (non-hydrogen) atoms. The van der Waals surface area contributed by atoms with Crippen LogP contribution in [0.25, 0.3) is 44.5 Å². The van der Waals surface area contributed by atoms with Gasteiger partial charge in [0.05, 0.1) is 70.3 Å². The third-order valence-electron chi connectivity index (χ3n) is 12.6. The molecule has 8 heteroatoms. The van der Waals surface area contributed by atoms with E-state index >= 15 is 0 Å². The molecule has 0 aliphatic carbocycles. The van der Waals surface area contributed by atoms with Gasteiger partial charge in [0.1, 0.15) is 0 Å². The van der Waals surface area contributed by atoms with E-state index in [4.69, 9.17) is 19.9 Å². The van der Waals surface area contributed by atoms with Crippen LogP contribution in [-0.4, -0.2) is 32.3 Å². The Morgan fingerprint density at radius 3 is 0.682 bits per heavy atom. The Balaban J connectivity index is 1.19. The highest BCUT2D eigenvalue weighted by Crippen LogP contribution is 2.58. The maximum atomic E-state index is 4.77. The average Bonchev–Trinajstić information content (AvgIpc) is 3.92. The molecule has 0 unspecified atom stereocenters. The minimum atomic E-state index is -0.448. The van der Waals surface area contributed by atoms with Crippen LogP contribution in [0, 0.1) is 0 Å². The number of hydrogen-bond acceptors (Lipinski definition) is 8. The van der Waals surface area contributed by atoms with Gasteiger partial charge in [-0.05, 0) is 117 Å². The normalized spacial score (nSPS) is 13.5. The van der Waals surface area contributed by atoms with Crippen molar-refractivity contribution in [2.75, 3.05) is 19.6 Å². The third kappa shape index (κ3) is 6.71. The van der Waals surface area contributed by atoms with Crippen LogP contribution in [0.2, 0.25) is 0 Å². The molecular formula is C58H42N8. The standard InChI is InChI=1S/C58H42N8/c1-5-17-41(18-6-1)49-33-53-54(34-50(49)42-19-7-2-8-20-42)64(46-26-14-30-60-38-46)57(63(53)45-25-13-29-59-37-45)58-65(47-27-15-31-61-39-47)55-35-51(43-21-9-3-10-22-43)52(44-23-11-4-12-24-44)36-56(55)66(58)48-28-16-32-62-40-48/h1-40,57-58H. The summed E-state index contributed by atoms with van der Waals surface area (Å²) >= 11 is 0. The monoisotopic (exact) mass is 850 g/mol. The van der Waals surface area contributed by atoms with Gasteiger partial charge in [-0.2, -0.15) is 0 Å². The lowest BCUT2D eigenvalue weighted by Crippen LogP contribution is -2.58. The Labute approximate surface area is 384 Å². The smallest absolute Gasteiger partial charge is 0.151 e. The highest BCUT2D eigenvalue weighted by molar-refractivity contribution is 6.01. The van der Waals surface area contributed by atoms with Crippen molar-refractivity contribution in [2.24, 2.45) is 0 Å². The zero-order valence-corrected chi connectivity index (χ0v) is 35.8. The predicted molar refractivity (Wildman–Crippen MR) is 268 cm³/mol. The fraction of sp³-hybridized carbons (Fsp3) is 0.0345. The van der Waals surface area contributed by atoms with E-state index in [-0.39, 0.29) is 0 Å². The topological polar surface area (TPSA) is 64.5 Å². The summed E-state index contributed by atoms with van der Waals surface area (Å²) in [7, 11) is 0. The largest absolute Gasteiger partial charge is 0.313 e. The van der Waals surface area contributed by atoms with E-state index in [1.807, 2.05) is 73.8 Å². The van der Waals surface area contributed by atoms with Gasteiger partial charge < -0.3 is 19.6 Å². The van der Waals surface area contributed by atoms with Gasteiger partial charge >= 0.3 is 0 Å². The Morgan fingerprint density at radius 1 is 0.258 bits per heavy atom. The van der Waals surface area contributed by atoms with Crippen LogP contribution in [0.5, 0.6) is 0 Å². The van der Waals surface area contributed by atoms with Gasteiger partial charge in [0.15, 0.2) is 12.3 Å². The van der Waals surface area contributed by atoms with Gasteiger partial charge in [-0.15, -0.1) is 0 Å². The minimum absolute atomic E-state index is 0.448. The van der Waals surface area contributed by atoms with Crippen molar-refractivity contribution in [3.05, 3.63) is 244 Å². The molecule has 0 N–H and O–H groups in total. The summed E-state index contributed by atoms with van der Waals surface area (Å²) < 4.78 is 0. The second kappa shape index (κ2) is 16.7. The highest BCUT2D eigenvalue weighted by atomic mass is 15.5. The van der Waals surface area contributed by atoms with Crippen LogP contribution in [0.15, 0.2) is 244 Å². The summed E-state index contributed by atoms with van der Waals surface area (Å²) in [5.74, 6) is 0. The van der Waals surface area contributed by atoms with Crippen LogP contribution < -0.4 is 19.6 Å². The summed E-state index contributed by atoms with van der Waals surface area (Å²) in [6.45, 7) is 0. The molecule has 6 aromatic carbocycles. The van der Waals surface area contributed by atoms with Crippen LogP contribution in [0.3, 0.4) is 0 Å². The van der Waals surface area contributed by atoms with Gasteiger partial charge in [0.25, 0.3) is 0 Å². The van der Waals surface area contributed by atoms with Crippen LogP contribution >= 0.6 is 0 Å². The lowest BCUT2D eigenvalue weighted by Gasteiger charge is -2.44. The summed E-state index contributed by atoms with van der Waals surface area (Å²) in [6.07, 6.45) is 14.4. The minimum Gasteiger partial charge on any atom is -0.313 e. The molecule has 12 rings (SSSR count). The van der Waals surface area contributed by atoms with Crippen LogP contribution in [-0.2, 0) is 0 Å². The van der Waals surface area contributed by atoms with Crippen molar-refractivity contribution >= 4 is 45.5 Å². The zero-order valence-electron chi connectivity index (χ0n) is 35.8. The molecule has 0 bridgehead atoms. The van der Waals surface area contributed by atoms with E-state index in [1.165, 1.54) is 0 Å². The third-order valence-corrected chi connectivity index (χ3v) is 12.6. The maximum absolute atomic E-state index is 4.77. The Bertz CT molecular complexity index is 2810. The maximum Gasteiger partial charge on any atom is 0.151 e. The fourth-order valence-electron chi connectivity index (χ4n) is 9.84. The highest BCUT2D eigenvalue weighted by Gasteiger charge is 2.52. The van der Waals surface area contributed by atoms with Crippen LogP contribution in [0.1, 0.15) is 0 Å². The molecule has 0 atom stereocenters. The first-order chi connectivity index (χ1) is 32.8. The molecule has 4 aromatic heterocycles. The van der Waals surface area contributed by atoms with Crippen molar-refractivity contribution < 1.29 is 0 Å². The zero-order chi connectivity index (χ0) is 43.8. The molecule has 8 nitrogen and oxygen atoms in total. The molecule has 2 aliphatic rings. The molecule has 10 aromatic rings. The molecule has 0 radical (unpaired) electrons. The average molecular weight is 851 g/mol. The van der Waals surface area contributed by atoms with E-state index in [1.54, 1.807) is 0 Å². The van der Waals surface area contributed by atoms with Gasteiger partial charge in [-0.3, -0.25) is 19.9 Å². The van der Waals surface area contributed by atoms with E-state index in [9.17, 15) is 0 Å². The summed E-state index contributed by atoms with van der Waals surface area (Å²) in [5, 5.41) is 0. The van der Waals surface area contributed by atoms with Crippen molar-refractivity contribution in [1.29, 1.82) is 0 Å². The number of fused-ring (bicyclic) bond motifs is 2. The first-order valence-corrected chi connectivity index (χ1v) is 22.1. The van der Waals surface area contributed by atoms with Crippen molar-refractivity contribution in [2.45, 2.75) is 12.3 Å². The summed E-state index contributed by atoms with van der Waals surface area (Å²) in [5.41, 5.74) is 17.0. The molecule has 0 amide bonds. The number of hydrogen-bond donors (Lipinski definition) is 0. The molecule has 0 saturated heterocycles. The second-order valence-electron chi connectivity index (χ2n) is 16.4. The van der Waals surface area contributed by atoms with Gasteiger partial charge in [0, 0.05) is 24.8 Å². The first-order valence-electron chi connectivity index (χ1n) is 22.1. The Kier molecular flexibility index (Phi) is 9.79. The quantitative estimate of drug-likeness (QED) is 0.142. The lowest BCUT2D eigenvalue weighted by atomic mass is 9.93. The summed E-state index contributed by atoms with van der Waals surface area (Å²) in [4.78, 5) is 29.0. The van der Waals surface area contributed by atoms with Crippen LogP contribution in [0.4, 0.5) is 45.5 Å². The number of rotatable bonds is 9. The van der Waals surface area contributed by atoms with Crippen molar-refractivity contribution in [3.63, 3.8) is 0 Å². The molecular weight excluding hydrogens is 809 g/mol.